The number of rotatable bonds is 5. The van der Waals surface area contributed by atoms with Crippen molar-refractivity contribution in [3.63, 3.8) is 0 Å². The van der Waals surface area contributed by atoms with Gasteiger partial charge in [-0.3, -0.25) is 14.5 Å². The number of nitrogens with zero attached hydrogens (tertiary/aromatic N) is 1. The molecular weight excluding hydrogens is 238 g/mol. The number of nitrogens with one attached hydrogen (secondary N) is 2. The first-order valence-corrected chi connectivity index (χ1v) is 5.91. The van der Waals surface area contributed by atoms with Crippen molar-refractivity contribution in [2.75, 3.05) is 20.1 Å². The third-order valence-corrected chi connectivity index (χ3v) is 3.01. The molecule has 0 radical (unpaired) electrons. The predicted molar refractivity (Wildman–Crippen MR) is 63.9 cm³/mol. The van der Waals surface area contributed by atoms with Gasteiger partial charge in [-0.05, 0) is 19.4 Å². The number of likely N-dealkylation sites (tertiary alicyclic amines) is 1. The van der Waals surface area contributed by atoms with Crippen molar-refractivity contribution < 1.29 is 19.5 Å². The maximum atomic E-state index is 11.6. The van der Waals surface area contributed by atoms with E-state index in [0.29, 0.717) is 13.0 Å². The van der Waals surface area contributed by atoms with Crippen LogP contribution in [0, 0.1) is 0 Å². The second-order valence-electron chi connectivity index (χ2n) is 4.36. The molecule has 1 fully saturated rings. The second-order valence-corrected chi connectivity index (χ2v) is 4.36. The van der Waals surface area contributed by atoms with Crippen molar-refractivity contribution in [2.24, 2.45) is 0 Å². The van der Waals surface area contributed by atoms with Gasteiger partial charge in [0.1, 0.15) is 6.04 Å². The summed E-state index contributed by atoms with van der Waals surface area (Å²) in [5.74, 6) is -1.59. The first kappa shape index (κ1) is 14.4. The standard InChI is InChI=1S/C11H19N3O4/c1-7(15)13-8(11(17)18)6-14-5-3-4-9(14)10(16)12-2/h8-9H,3-6H2,1-2H3,(H,12,16)(H,13,15)(H,17,18). The molecule has 1 aliphatic heterocycles. The van der Waals surface area contributed by atoms with Gasteiger partial charge in [0.05, 0.1) is 6.04 Å². The molecule has 0 aromatic rings. The fraction of sp³-hybridized carbons (Fsp3) is 0.727. The van der Waals surface area contributed by atoms with E-state index in [1.54, 1.807) is 11.9 Å². The van der Waals surface area contributed by atoms with E-state index >= 15 is 0 Å². The SMILES string of the molecule is CNC(=O)C1CCCN1CC(NC(C)=O)C(=O)O. The lowest BCUT2D eigenvalue weighted by Gasteiger charge is -2.26. The van der Waals surface area contributed by atoms with Crippen molar-refractivity contribution in [3.8, 4) is 0 Å². The molecule has 0 spiro atoms. The molecule has 0 bridgehead atoms. The first-order valence-electron chi connectivity index (χ1n) is 5.91. The average Bonchev–Trinajstić information content (AvgIpc) is 2.74. The van der Waals surface area contributed by atoms with Gasteiger partial charge >= 0.3 is 5.97 Å². The lowest BCUT2D eigenvalue weighted by molar-refractivity contribution is -0.142. The third kappa shape index (κ3) is 3.69. The Morgan fingerprint density at radius 1 is 1.44 bits per heavy atom. The lowest BCUT2D eigenvalue weighted by Crippen LogP contribution is -2.51. The molecule has 1 aliphatic rings. The second kappa shape index (κ2) is 6.34. The molecule has 2 atom stereocenters. The summed E-state index contributed by atoms with van der Waals surface area (Å²) in [4.78, 5) is 35.4. The molecule has 0 aromatic carbocycles. The predicted octanol–water partition coefficient (Wildman–Crippen LogP) is -1.21. The molecule has 7 nitrogen and oxygen atoms in total. The zero-order chi connectivity index (χ0) is 13.7. The van der Waals surface area contributed by atoms with Gasteiger partial charge in [-0.15, -0.1) is 0 Å². The zero-order valence-electron chi connectivity index (χ0n) is 10.6. The highest BCUT2D eigenvalue weighted by molar-refractivity contribution is 5.83. The minimum Gasteiger partial charge on any atom is -0.480 e. The topological polar surface area (TPSA) is 98.7 Å². The molecule has 1 heterocycles. The van der Waals surface area contributed by atoms with Crippen molar-refractivity contribution in [2.45, 2.75) is 31.8 Å². The number of hydrogen-bond donors (Lipinski definition) is 3. The van der Waals surface area contributed by atoms with Crippen LogP contribution >= 0.6 is 0 Å². The number of carbonyl (C=O) groups is 3. The molecule has 2 amide bonds. The summed E-state index contributed by atoms with van der Waals surface area (Å²) in [5, 5.41) is 14.0. The van der Waals surface area contributed by atoms with Crippen molar-refractivity contribution in [1.82, 2.24) is 15.5 Å². The summed E-state index contributed by atoms with van der Waals surface area (Å²) in [7, 11) is 1.56. The van der Waals surface area contributed by atoms with Gasteiger partial charge in [0.25, 0.3) is 0 Å². The van der Waals surface area contributed by atoms with Crippen molar-refractivity contribution in [1.29, 1.82) is 0 Å². The fourth-order valence-electron chi connectivity index (χ4n) is 2.17. The summed E-state index contributed by atoms with van der Waals surface area (Å²) in [5.41, 5.74) is 0. The smallest absolute Gasteiger partial charge is 0.327 e. The van der Waals surface area contributed by atoms with Gasteiger partial charge in [-0.25, -0.2) is 4.79 Å². The Bertz CT molecular complexity index is 345. The summed E-state index contributed by atoms with van der Waals surface area (Å²) >= 11 is 0. The largest absolute Gasteiger partial charge is 0.480 e. The van der Waals surface area contributed by atoms with E-state index in [0.717, 1.165) is 6.42 Å². The van der Waals surface area contributed by atoms with Gasteiger partial charge in [0.2, 0.25) is 11.8 Å². The van der Waals surface area contributed by atoms with E-state index in [1.807, 2.05) is 0 Å². The van der Waals surface area contributed by atoms with Crippen LogP contribution in [0.2, 0.25) is 0 Å². The van der Waals surface area contributed by atoms with E-state index in [2.05, 4.69) is 10.6 Å². The Morgan fingerprint density at radius 2 is 2.11 bits per heavy atom. The van der Waals surface area contributed by atoms with Crippen LogP contribution in [-0.2, 0) is 14.4 Å². The maximum absolute atomic E-state index is 11.6. The van der Waals surface area contributed by atoms with Crippen molar-refractivity contribution >= 4 is 17.8 Å². The first-order chi connectivity index (χ1) is 8.45. The van der Waals surface area contributed by atoms with Crippen LogP contribution in [-0.4, -0.2) is 60.0 Å². The number of amides is 2. The van der Waals surface area contributed by atoms with Crippen LogP contribution in [0.3, 0.4) is 0 Å². The van der Waals surface area contributed by atoms with E-state index in [4.69, 9.17) is 5.11 Å². The third-order valence-electron chi connectivity index (χ3n) is 3.01. The van der Waals surface area contributed by atoms with Crippen LogP contribution in [0.1, 0.15) is 19.8 Å². The molecule has 7 heteroatoms. The molecule has 1 rings (SSSR count). The Morgan fingerprint density at radius 3 is 2.61 bits per heavy atom. The number of carboxylic acid groups (broad SMARTS) is 1. The van der Waals surface area contributed by atoms with E-state index in [-0.39, 0.29) is 18.5 Å². The normalized spacial score (nSPS) is 21.3. The highest BCUT2D eigenvalue weighted by Crippen LogP contribution is 2.17. The quantitative estimate of drug-likeness (QED) is 0.574. The van der Waals surface area contributed by atoms with Gasteiger partial charge in [-0.2, -0.15) is 0 Å². The van der Waals surface area contributed by atoms with Crippen molar-refractivity contribution in [3.05, 3.63) is 0 Å². The highest BCUT2D eigenvalue weighted by atomic mass is 16.4. The number of carbonyl (C=O) groups excluding carboxylic acids is 2. The highest BCUT2D eigenvalue weighted by Gasteiger charge is 2.33. The zero-order valence-corrected chi connectivity index (χ0v) is 10.6. The Labute approximate surface area is 106 Å². The Kier molecular flexibility index (Phi) is 5.08. The van der Waals surface area contributed by atoms with E-state index in [9.17, 15) is 14.4 Å². The lowest BCUT2D eigenvalue weighted by atomic mass is 10.2. The monoisotopic (exact) mass is 257 g/mol. The van der Waals surface area contributed by atoms with Crippen LogP contribution < -0.4 is 10.6 Å². The van der Waals surface area contributed by atoms with Crippen LogP contribution in [0.5, 0.6) is 0 Å². The number of likely N-dealkylation sites (N-methyl/N-ethyl adjacent to an activating group) is 1. The van der Waals surface area contributed by atoms with E-state index < -0.39 is 17.9 Å². The molecule has 3 N–H and O–H groups in total. The number of hydrogen-bond acceptors (Lipinski definition) is 4. The van der Waals surface area contributed by atoms with Gasteiger partial charge in [0, 0.05) is 20.5 Å². The number of carboxylic acids is 1. The molecule has 0 aromatic heterocycles. The molecule has 18 heavy (non-hydrogen) atoms. The van der Waals surface area contributed by atoms with Gasteiger partial charge in [0.15, 0.2) is 0 Å². The molecule has 2 unspecified atom stereocenters. The maximum Gasteiger partial charge on any atom is 0.327 e. The van der Waals surface area contributed by atoms with Gasteiger partial charge in [-0.1, -0.05) is 0 Å². The summed E-state index contributed by atoms with van der Waals surface area (Å²) < 4.78 is 0. The summed E-state index contributed by atoms with van der Waals surface area (Å²) in [6.07, 6.45) is 1.57. The molecule has 0 aliphatic carbocycles. The fourth-order valence-corrected chi connectivity index (χ4v) is 2.17. The Balaban J connectivity index is 2.65. The van der Waals surface area contributed by atoms with Crippen LogP contribution in [0.25, 0.3) is 0 Å². The molecule has 102 valence electrons. The minimum absolute atomic E-state index is 0.112. The molecular formula is C11H19N3O4. The van der Waals surface area contributed by atoms with Gasteiger partial charge < -0.3 is 15.7 Å². The average molecular weight is 257 g/mol. The van der Waals surface area contributed by atoms with E-state index in [1.165, 1.54) is 6.92 Å². The molecule has 1 saturated heterocycles. The summed E-state index contributed by atoms with van der Waals surface area (Å²) in [6, 6.07) is -1.28. The Hall–Kier alpha value is -1.63. The summed E-state index contributed by atoms with van der Waals surface area (Å²) in [6.45, 7) is 2.09. The molecule has 0 saturated carbocycles. The number of aliphatic carboxylic acids is 1. The van der Waals surface area contributed by atoms with Crippen LogP contribution in [0.15, 0.2) is 0 Å². The minimum atomic E-state index is -1.09. The van der Waals surface area contributed by atoms with Crippen LogP contribution in [0.4, 0.5) is 0 Å².